The molecule has 0 saturated heterocycles. The molecule has 0 spiro atoms. The van der Waals surface area contributed by atoms with Gasteiger partial charge < -0.3 is 10.2 Å². The van der Waals surface area contributed by atoms with Gasteiger partial charge in [-0.15, -0.1) is 0 Å². The normalized spacial score (nSPS) is 17.7. The molecule has 0 aliphatic heterocycles. The first-order chi connectivity index (χ1) is 23.2. The molecule has 8 rings (SSSR count). The van der Waals surface area contributed by atoms with Gasteiger partial charge in [0.05, 0.1) is 6.54 Å². The Hall–Kier alpha value is -6.00. The number of fused-ring (bicyclic) bond motifs is 4. The number of para-hydroxylation sites is 1. The highest BCUT2D eigenvalue weighted by Crippen LogP contribution is 2.38. The van der Waals surface area contributed by atoms with Crippen LogP contribution in [0.15, 0.2) is 178 Å². The van der Waals surface area contributed by atoms with E-state index in [1.54, 1.807) is 0 Å². The van der Waals surface area contributed by atoms with Gasteiger partial charge >= 0.3 is 0 Å². The van der Waals surface area contributed by atoms with Gasteiger partial charge in [-0.25, -0.2) is 4.99 Å². The minimum atomic E-state index is 0.385. The van der Waals surface area contributed by atoms with Crippen molar-refractivity contribution in [1.82, 2.24) is 0 Å². The topological polar surface area (TPSA) is 63.9 Å². The molecule has 2 aliphatic carbocycles. The number of hydrogen-bond acceptors (Lipinski definition) is 2. The lowest BCUT2D eigenvalue weighted by molar-refractivity contribution is 0.663. The molecule has 4 nitrogen and oxygen atoms in total. The Morgan fingerprint density at radius 1 is 0.660 bits per heavy atom. The summed E-state index contributed by atoms with van der Waals surface area (Å²) in [6, 6.07) is 41.2. The molecule has 0 bridgehead atoms. The van der Waals surface area contributed by atoms with Gasteiger partial charge in [-0.05, 0) is 28.3 Å². The third kappa shape index (κ3) is 5.66. The Bertz CT molecular complexity index is 2270. The van der Waals surface area contributed by atoms with Crippen LogP contribution < -0.4 is 5.73 Å². The largest absolute Gasteiger partial charge is 0.455 e. The first kappa shape index (κ1) is 28.5. The van der Waals surface area contributed by atoms with Crippen LogP contribution in [0.4, 0.5) is 0 Å². The quantitative estimate of drug-likeness (QED) is 0.151. The summed E-state index contributed by atoms with van der Waals surface area (Å²) in [4.78, 5) is 10.0. The molecule has 0 fully saturated rings. The van der Waals surface area contributed by atoms with E-state index in [2.05, 4.69) is 115 Å². The summed E-state index contributed by atoms with van der Waals surface area (Å²) < 4.78 is 6.48. The minimum Gasteiger partial charge on any atom is -0.455 e. The standard InChI is InChI=1S/C43H33N3O/c44-42(32-14-5-2-6-15-32)46-43(33-22-19-30(20-23-33)35-24-21-29-11-7-8-16-34(29)27-35)45-28-36-25-26-37(31-12-3-1-4-13-31)41-40(36)38-17-9-10-18-39(38)47-41/h1-27,29,34H,28H2,(H2,44,45,46). The fraction of sp³-hybridized carbons (Fsp3) is 0.0698. The van der Waals surface area contributed by atoms with Crippen LogP contribution in [0.25, 0.3) is 38.6 Å². The molecule has 47 heavy (non-hydrogen) atoms. The zero-order chi connectivity index (χ0) is 31.6. The second kappa shape index (κ2) is 12.4. The monoisotopic (exact) mass is 607 g/mol. The lowest BCUT2D eigenvalue weighted by Gasteiger charge is -2.23. The van der Waals surface area contributed by atoms with E-state index in [-0.39, 0.29) is 0 Å². The zero-order valence-electron chi connectivity index (χ0n) is 25.8. The summed E-state index contributed by atoms with van der Waals surface area (Å²) in [6.07, 6.45) is 15.6. The molecule has 6 aromatic rings. The summed E-state index contributed by atoms with van der Waals surface area (Å²) in [7, 11) is 0. The molecule has 2 aliphatic rings. The van der Waals surface area contributed by atoms with Gasteiger partial charge in [0, 0.05) is 39.3 Å². The maximum absolute atomic E-state index is 6.57. The van der Waals surface area contributed by atoms with Crippen LogP contribution in [-0.4, -0.2) is 11.7 Å². The molecular formula is C43H33N3O. The van der Waals surface area contributed by atoms with E-state index < -0.39 is 0 Å². The van der Waals surface area contributed by atoms with Gasteiger partial charge in [-0.3, -0.25) is 4.99 Å². The molecule has 2 unspecified atom stereocenters. The second-order valence-corrected chi connectivity index (χ2v) is 11.9. The van der Waals surface area contributed by atoms with E-state index in [4.69, 9.17) is 20.1 Å². The van der Waals surface area contributed by atoms with Crippen LogP contribution >= 0.6 is 0 Å². The number of nitrogens with zero attached hydrogens (tertiary/aromatic N) is 2. The third-order valence-corrected chi connectivity index (χ3v) is 8.96. The van der Waals surface area contributed by atoms with Crippen molar-refractivity contribution >= 4 is 39.2 Å². The molecule has 4 heteroatoms. The van der Waals surface area contributed by atoms with Crippen LogP contribution in [0.3, 0.4) is 0 Å². The van der Waals surface area contributed by atoms with Crippen LogP contribution in [0, 0.1) is 11.8 Å². The number of hydrogen-bond donors (Lipinski definition) is 1. The molecule has 226 valence electrons. The maximum atomic E-state index is 6.57. The molecule has 0 saturated carbocycles. The Morgan fingerprint density at radius 2 is 1.38 bits per heavy atom. The van der Waals surface area contributed by atoms with Gasteiger partial charge in [-0.2, -0.15) is 0 Å². The highest BCUT2D eigenvalue weighted by Gasteiger charge is 2.19. The average molecular weight is 608 g/mol. The van der Waals surface area contributed by atoms with E-state index in [1.165, 1.54) is 5.57 Å². The number of allylic oxidation sites excluding steroid dienone is 8. The van der Waals surface area contributed by atoms with Crippen molar-refractivity contribution in [3.05, 3.63) is 186 Å². The minimum absolute atomic E-state index is 0.385. The van der Waals surface area contributed by atoms with Crippen molar-refractivity contribution in [3.8, 4) is 11.1 Å². The number of benzene rings is 5. The Kier molecular flexibility index (Phi) is 7.52. The number of furan rings is 1. The van der Waals surface area contributed by atoms with Gasteiger partial charge in [0.15, 0.2) is 5.84 Å². The average Bonchev–Trinajstić information content (AvgIpc) is 3.54. The molecule has 0 amide bonds. The lowest BCUT2D eigenvalue weighted by Crippen LogP contribution is -2.16. The summed E-state index contributed by atoms with van der Waals surface area (Å²) in [5.41, 5.74) is 15.7. The van der Waals surface area contributed by atoms with Gasteiger partial charge in [0.1, 0.15) is 17.0 Å². The first-order valence-corrected chi connectivity index (χ1v) is 16.0. The van der Waals surface area contributed by atoms with Crippen LogP contribution in [0.2, 0.25) is 0 Å². The number of aliphatic imine (C=N–C) groups is 2. The Balaban J connectivity index is 1.19. The predicted octanol–water partition coefficient (Wildman–Crippen LogP) is 9.92. The first-order valence-electron chi connectivity index (χ1n) is 16.0. The summed E-state index contributed by atoms with van der Waals surface area (Å²) in [6.45, 7) is 0.411. The predicted molar refractivity (Wildman–Crippen MR) is 195 cm³/mol. The SMILES string of the molecule is NC(=NC(=NCc1ccc(-c2ccccc2)c2oc3ccccc3c12)c1ccc(C2=CC3C=CC=CC3C=C2)cc1)c1ccccc1. The summed E-state index contributed by atoms with van der Waals surface area (Å²) >= 11 is 0. The van der Waals surface area contributed by atoms with E-state index in [0.29, 0.717) is 30.1 Å². The third-order valence-electron chi connectivity index (χ3n) is 8.96. The number of amidine groups is 2. The highest BCUT2D eigenvalue weighted by atomic mass is 16.3. The van der Waals surface area contributed by atoms with E-state index in [0.717, 1.165) is 55.3 Å². The fourth-order valence-electron chi connectivity index (χ4n) is 6.49. The van der Waals surface area contributed by atoms with Gasteiger partial charge in [0.2, 0.25) is 0 Å². The van der Waals surface area contributed by atoms with Gasteiger partial charge in [0.25, 0.3) is 0 Å². The van der Waals surface area contributed by atoms with Crippen molar-refractivity contribution in [1.29, 1.82) is 0 Å². The molecule has 5 aromatic carbocycles. The smallest absolute Gasteiger partial charge is 0.157 e. The summed E-state index contributed by atoms with van der Waals surface area (Å²) in [5.74, 6) is 1.82. The zero-order valence-corrected chi connectivity index (χ0v) is 25.8. The fourth-order valence-corrected chi connectivity index (χ4v) is 6.49. The van der Waals surface area contributed by atoms with Crippen LogP contribution in [0.1, 0.15) is 22.3 Å². The van der Waals surface area contributed by atoms with Crippen molar-refractivity contribution in [2.24, 2.45) is 27.6 Å². The second-order valence-electron chi connectivity index (χ2n) is 11.9. The van der Waals surface area contributed by atoms with Crippen molar-refractivity contribution < 1.29 is 4.42 Å². The number of nitrogens with two attached hydrogens (primary N) is 1. The molecule has 2 atom stereocenters. The summed E-state index contributed by atoms with van der Waals surface area (Å²) in [5, 5.41) is 2.14. The molecule has 0 radical (unpaired) electrons. The van der Waals surface area contributed by atoms with Crippen LogP contribution in [0.5, 0.6) is 0 Å². The maximum Gasteiger partial charge on any atom is 0.157 e. The molecular weight excluding hydrogens is 574 g/mol. The van der Waals surface area contributed by atoms with E-state index in [1.807, 2.05) is 48.5 Å². The van der Waals surface area contributed by atoms with Crippen molar-refractivity contribution in [3.63, 3.8) is 0 Å². The van der Waals surface area contributed by atoms with E-state index >= 15 is 0 Å². The van der Waals surface area contributed by atoms with Gasteiger partial charge in [-0.1, -0.05) is 158 Å². The Labute approximate surface area is 274 Å². The number of rotatable bonds is 6. The van der Waals surface area contributed by atoms with Crippen LogP contribution in [-0.2, 0) is 6.54 Å². The molecule has 2 N–H and O–H groups in total. The lowest BCUT2D eigenvalue weighted by atomic mass is 9.81. The van der Waals surface area contributed by atoms with Crippen molar-refractivity contribution in [2.75, 3.05) is 0 Å². The molecule has 1 aromatic heterocycles. The highest BCUT2D eigenvalue weighted by molar-refractivity contribution is 6.12. The molecule has 1 heterocycles. The van der Waals surface area contributed by atoms with Crippen molar-refractivity contribution in [2.45, 2.75) is 6.54 Å². The Morgan fingerprint density at radius 3 is 2.19 bits per heavy atom. The van der Waals surface area contributed by atoms with E-state index in [9.17, 15) is 0 Å².